The molecule has 0 saturated heterocycles. The molecule has 0 aliphatic heterocycles. The maximum absolute atomic E-state index is 4.43. The molecule has 0 N–H and O–H groups in total. The molecule has 2 rings (SSSR count). The van der Waals surface area contributed by atoms with Gasteiger partial charge in [0.2, 0.25) is 0 Å². The maximum atomic E-state index is 4.43. The molecule has 0 radical (unpaired) electrons. The van der Waals surface area contributed by atoms with Crippen LogP contribution in [0.5, 0.6) is 0 Å². The van der Waals surface area contributed by atoms with E-state index in [0.29, 0.717) is 11.3 Å². The minimum Gasteiger partial charge on any atom is -0.144 e. The fraction of sp³-hybridized carbons (Fsp3) is 0.556. The van der Waals surface area contributed by atoms with Crippen LogP contribution in [0.15, 0.2) is 46.9 Å². The van der Waals surface area contributed by atoms with Crippen molar-refractivity contribution in [2.75, 3.05) is 0 Å². The highest BCUT2D eigenvalue weighted by molar-refractivity contribution is 7.84. The first kappa shape index (κ1) is 14.7. The van der Waals surface area contributed by atoms with Crippen molar-refractivity contribution in [1.82, 2.24) is 0 Å². The Bertz CT molecular complexity index is 439. The van der Waals surface area contributed by atoms with Crippen LogP contribution in [-0.2, 0) is 0 Å². The molecule has 0 amide bonds. The Morgan fingerprint density at radius 2 is 2.16 bits per heavy atom. The first-order valence-corrected chi connectivity index (χ1v) is 7.89. The quantitative estimate of drug-likeness (QED) is 0.610. The molecule has 2 aliphatic carbocycles. The van der Waals surface area contributed by atoms with E-state index < -0.39 is 0 Å². The van der Waals surface area contributed by atoms with Gasteiger partial charge in [0, 0.05) is 4.91 Å². The van der Waals surface area contributed by atoms with Gasteiger partial charge in [0.1, 0.15) is 0 Å². The molecule has 3 atom stereocenters. The lowest BCUT2D eigenvalue weighted by Gasteiger charge is -2.35. The van der Waals surface area contributed by atoms with Crippen molar-refractivity contribution in [2.24, 2.45) is 17.3 Å². The molecule has 104 valence electrons. The van der Waals surface area contributed by atoms with Gasteiger partial charge in [-0.25, -0.2) is 0 Å². The number of thiol groups is 1. The second-order valence-electron chi connectivity index (χ2n) is 6.46. The summed E-state index contributed by atoms with van der Waals surface area (Å²) in [5, 5.41) is 0. The van der Waals surface area contributed by atoms with Gasteiger partial charge in [0.15, 0.2) is 0 Å². The van der Waals surface area contributed by atoms with Crippen LogP contribution in [-0.4, -0.2) is 0 Å². The van der Waals surface area contributed by atoms with Crippen LogP contribution in [0.1, 0.15) is 46.5 Å². The summed E-state index contributed by atoms with van der Waals surface area (Å²) in [4.78, 5) is 1.13. The van der Waals surface area contributed by atoms with Gasteiger partial charge in [-0.05, 0) is 43.4 Å². The third-order valence-corrected chi connectivity index (χ3v) is 5.08. The standard InChI is InChI=1S/C18H26S/c1-4-18(3,12-15-9-10-17(19)11-15)13-16-8-6-5-7-14(16)2/h5-7,9-11,15-16,19H,4,8,12-13H2,1-3H3. The molecule has 0 bridgehead atoms. The van der Waals surface area contributed by atoms with E-state index in [9.17, 15) is 0 Å². The summed E-state index contributed by atoms with van der Waals surface area (Å²) >= 11 is 4.43. The third kappa shape index (κ3) is 3.89. The third-order valence-electron chi connectivity index (χ3n) is 4.78. The molecule has 2 aliphatic rings. The van der Waals surface area contributed by atoms with Gasteiger partial charge in [-0.2, -0.15) is 0 Å². The summed E-state index contributed by atoms with van der Waals surface area (Å²) in [6.45, 7) is 7.07. The molecule has 0 spiro atoms. The lowest BCUT2D eigenvalue weighted by Crippen LogP contribution is -2.23. The summed E-state index contributed by atoms with van der Waals surface area (Å²) in [5.74, 6) is 1.32. The van der Waals surface area contributed by atoms with Gasteiger partial charge in [-0.15, -0.1) is 12.6 Å². The van der Waals surface area contributed by atoms with Crippen molar-refractivity contribution >= 4 is 12.6 Å². The number of allylic oxidation sites excluding steroid dienone is 7. The van der Waals surface area contributed by atoms with E-state index in [4.69, 9.17) is 0 Å². The molecule has 0 aromatic carbocycles. The SMILES string of the molecule is CCC(C)(CC1C=CC(S)=C1)CC1CC=CC=C1C. The molecule has 1 heteroatoms. The minimum atomic E-state index is 0.425. The number of rotatable bonds is 5. The summed E-state index contributed by atoms with van der Waals surface area (Å²) < 4.78 is 0. The van der Waals surface area contributed by atoms with Crippen molar-refractivity contribution in [1.29, 1.82) is 0 Å². The molecule has 19 heavy (non-hydrogen) atoms. The van der Waals surface area contributed by atoms with Crippen LogP contribution >= 0.6 is 12.6 Å². The van der Waals surface area contributed by atoms with Crippen molar-refractivity contribution in [3.05, 3.63) is 46.9 Å². The van der Waals surface area contributed by atoms with E-state index >= 15 is 0 Å². The predicted molar refractivity (Wildman–Crippen MR) is 88.3 cm³/mol. The van der Waals surface area contributed by atoms with E-state index in [0.717, 1.165) is 10.8 Å². The average molecular weight is 274 g/mol. The van der Waals surface area contributed by atoms with Gasteiger partial charge in [0.25, 0.3) is 0 Å². The maximum Gasteiger partial charge on any atom is 0.000299 e. The van der Waals surface area contributed by atoms with Gasteiger partial charge in [-0.1, -0.05) is 62.3 Å². The van der Waals surface area contributed by atoms with E-state index in [1.807, 2.05) is 0 Å². The Kier molecular flexibility index (Phi) is 4.78. The zero-order chi connectivity index (χ0) is 13.9. The van der Waals surface area contributed by atoms with Crippen LogP contribution in [0.3, 0.4) is 0 Å². The highest BCUT2D eigenvalue weighted by atomic mass is 32.1. The van der Waals surface area contributed by atoms with Crippen LogP contribution in [0, 0.1) is 17.3 Å². The molecule has 3 unspecified atom stereocenters. The minimum absolute atomic E-state index is 0.425. The average Bonchev–Trinajstić information content (AvgIpc) is 2.77. The molecular weight excluding hydrogens is 248 g/mol. The van der Waals surface area contributed by atoms with Crippen LogP contribution in [0.2, 0.25) is 0 Å². The van der Waals surface area contributed by atoms with E-state index in [1.165, 1.54) is 25.7 Å². The fourth-order valence-electron chi connectivity index (χ4n) is 3.24. The molecule has 0 aromatic rings. The molecule has 0 nitrogen and oxygen atoms in total. The van der Waals surface area contributed by atoms with Gasteiger partial charge < -0.3 is 0 Å². The smallest absolute Gasteiger partial charge is 0.000299 e. The molecule has 0 aromatic heterocycles. The van der Waals surface area contributed by atoms with Crippen LogP contribution < -0.4 is 0 Å². The summed E-state index contributed by atoms with van der Waals surface area (Å²) in [6.07, 6.45) is 18.5. The molecule has 0 fully saturated rings. The Hall–Kier alpha value is -0.690. The Morgan fingerprint density at radius 1 is 1.37 bits per heavy atom. The topological polar surface area (TPSA) is 0 Å². The van der Waals surface area contributed by atoms with Crippen molar-refractivity contribution < 1.29 is 0 Å². The van der Waals surface area contributed by atoms with Gasteiger partial charge in [0.05, 0.1) is 0 Å². The Morgan fingerprint density at radius 3 is 2.74 bits per heavy atom. The second kappa shape index (κ2) is 6.17. The first-order chi connectivity index (χ1) is 9.02. The molecular formula is C18H26S. The van der Waals surface area contributed by atoms with E-state index in [-0.39, 0.29) is 0 Å². The lowest BCUT2D eigenvalue weighted by atomic mass is 9.70. The van der Waals surface area contributed by atoms with Crippen LogP contribution in [0.4, 0.5) is 0 Å². The Balaban J connectivity index is 2.00. The largest absolute Gasteiger partial charge is 0.144 e. The summed E-state index contributed by atoms with van der Waals surface area (Å²) in [6, 6.07) is 0. The highest BCUT2D eigenvalue weighted by Gasteiger charge is 2.29. The van der Waals surface area contributed by atoms with Crippen molar-refractivity contribution in [2.45, 2.75) is 46.5 Å². The highest BCUT2D eigenvalue weighted by Crippen LogP contribution is 2.42. The summed E-state index contributed by atoms with van der Waals surface area (Å²) in [7, 11) is 0. The zero-order valence-electron chi connectivity index (χ0n) is 12.4. The number of hydrogen-bond donors (Lipinski definition) is 1. The fourth-order valence-corrected chi connectivity index (χ4v) is 3.52. The first-order valence-electron chi connectivity index (χ1n) is 7.45. The second-order valence-corrected chi connectivity index (χ2v) is 6.97. The predicted octanol–water partition coefficient (Wildman–Crippen LogP) is 5.71. The number of hydrogen-bond acceptors (Lipinski definition) is 1. The van der Waals surface area contributed by atoms with Gasteiger partial charge in [-0.3, -0.25) is 0 Å². The Labute approximate surface area is 123 Å². The van der Waals surface area contributed by atoms with Gasteiger partial charge >= 0.3 is 0 Å². The lowest BCUT2D eigenvalue weighted by molar-refractivity contribution is 0.212. The normalized spacial score (nSPS) is 29.1. The molecule has 0 saturated carbocycles. The summed E-state index contributed by atoms with van der Waals surface area (Å²) in [5.41, 5.74) is 1.98. The van der Waals surface area contributed by atoms with E-state index in [2.05, 4.69) is 69.9 Å². The molecule has 0 heterocycles. The van der Waals surface area contributed by atoms with Crippen molar-refractivity contribution in [3.8, 4) is 0 Å². The monoisotopic (exact) mass is 274 g/mol. The van der Waals surface area contributed by atoms with Crippen LogP contribution in [0.25, 0.3) is 0 Å². The zero-order valence-corrected chi connectivity index (χ0v) is 13.3. The van der Waals surface area contributed by atoms with Crippen molar-refractivity contribution in [3.63, 3.8) is 0 Å². The van der Waals surface area contributed by atoms with E-state index in [1.54, 1.807) is 5.57 Å².